The van der Waals surface area contributed by atoms with Gasteiger partial charge in [0.15, 0.2) is 0 Å². The van der Waals surface area contributed by atoms with Crippen molar-refractivity contribution in [3.63, 3.8) is 0 Å². The molecule has 0 saturated carbocycles. The van der Waals surface area contributed by atoms with Crippen molar-refractivity contribution in [2.45, 2.75) is 38.5 Å². The van der Waals surface area contributed by atoms with Crippen LogP contribution in [0.15, 0.2) is 24.4 Å². The summed E-state index contributed by atoms with van der Waals surface area (Å²) in [6.07, 6.45) is 7.52. The van der Waals surface area contributed by atoms with Gasteiger partial charge in [-0.15, -0.1) is 0 Å². The van der Waals surface area contributed by atoms with Crippen molar-refractivity contribution in [1.82, 2.24) is 4.98 Å². The standard InChI is InChI=1S/C16H23N3O/c17-9-8-13-11-19-15-7-6-12(10-14(13)15)4-2-1-3-5-16(18)20/h6-7,10-11,19H,1-5,8-9,17H2,(H2,18,20). The highest BCUT2D eigenvalue weighted by Crippen LogP contribution is 2.21. The number of amides is 1. The minimum absolute atomic E-state index is 0.204. The van der Waals surface area contributed by atoms with Gasteiger partial charge >= 0.3 is 0 Å². The molecule has 20 heavy (non-hydrogen) atoms. The fraction of sp³-hybridized carbons (Fsp3) is 0.438. The van der Waals surface area contributed by atoms with E-state index in [2.05, 4.69) is 23.2 Å². The minimum atomic E-state index is -0.204. The van der Waals surface area contributed by atoms with Crippen LogP contribution in [0.1, 0.15) is 36.8 Å². The van der Waals surface area contributed by atoms with Crippen LogP contribution in [-0.2, 0) is 17.6 Å². The summed E-state index contributed by atoms with van der Waals surface area (Å²) in [6, 6.07) is 6.55. The van der Waals surface area contributed by atoms with Crippen molar-refractivity contribution in [3.8, 4) is 0 Å². The first-order chi connectivity index (χ1) is 9.70. The molecule has 0 aliphatic carbocycles. The average Bonchev–Trinajstić information content (AvgIpc) is 2.81. The van der Waals surface area contributed by atoms with E-state index in [1.165, 1.54) is 22.0 Å². The molecule has 1 heterocycles. The lowest BCUT2D eigenvalue weighted by atomic mass is 10.0. The van der Waals surface area contributed by atoms with E-state index in [1.807, 2.05) is 6.20 Å². The van der Waals surface area contributed by atoms with Gasteiger partial charge in [0.05, 0.1) is 0 Å². The van der Waals surface area contributed by atoms with Gasteiger partial charge in [-0.25, -0.2) is 0 Å². The summed E-state index contributed by atoms with van der Waals surface area (Å²) in [5.41, 5.74) is 14.6. The number of unbranched alkanes of at least 4 members (excludes halogenated alkanes) is 2. The molecular weight excluding hydrogens is 250 g/mol. The number of hydrogen-bond donors (Lipinski definition) is 3. The quantitative estimate of drug-likeness (QED) is 0.644. The van der Waals surface area contributed by atoms with E-state index in [9.17, 15) is 4.79 Å². The van der Waals surface area contributed by atoms with Crippen molar-refractivity contribution < 1.29 is 4.79 Å². The number of aryl methyl sites for hydroxylation is 1. The van der Waals surface area contributed by atoms with Crippen LogP contribution in [0.25, 0.3) is 10.9 Å². The van der Waals surface area contributed by atoms with Gasteiger partial charge in [0.25, 0.3) is 0 Å². The van der Waals surface area contributed by atoms with E-state index in [-0.39, 0.29) is 5.91 Å². The topological polar surface area (TPSA) is 84.9 Å². The number of benzene rings is 1. The molecular formula is C16H23N3O. The molecule has 0 atom stereocenters. The normalized spacial score (nSPS) is 11.1. The zero-order valence-corrected chi connectivity index (χ0v) is 11.8. The Kier molecular flexibility index (Phi) is 5.18. The number of aromatic nitrogens is 1. The summed E-state index contributed by atoms with van der Waals surface area (Å²) in [4.78, 5) is 13.9. The molecule has 0 fully saturated rings. The Balaban J connectivity index is 1.93. The third-order valence-corrected chi connectivity index (χ3v) is 3.63. The van der Waals surface area contributed by atoms with E-state index in [1.54, 1.807) is 0 Å². The van der Waals surface area contributed by atoms with Crippen molar-refractivity contribution in [1.29, 1.82) is 0 Å². The second-order valence-electron chi connectivity index (χ2n) is 5.26. The third-order valence-electron chi connectivity index (χ3n) is 3.63. The maximum atomic E-state index is 10.7. The van der Waals surface area contributed by atoms with Gasteiger partial charge in [0.2, 0.25) is 5.91 Å². The van der Waals surface area contributed by atoms with Gasteiger partial charge in [0.1, 0.15) is 0 Å². The van der Waals surface area contributed by atoms with E-state index >= 15 is 0 Å². The van der Waals surface area contributed by atoms with Crippen molar-refractivity contribution >= 4 is 16.8 Å². The highest BCUT2D eigenvalue weighted by molar-refractivity contribution is 5.83. The molecule has 0 saturated heterocycles. The lowest BCUT2D eigenvalue weighted by Gasteiger charge is -2.03. The number of rotatable bonds is 8. The molecule has 0 aliphatic rings. The molecule has 2 rings (SSSR count). The Morgan fingerprint density at radius 2 is 2.00 bits per heavy atom. The fourth-order valence-corrected chi connectivity index (χ4v) is 2.55. The molecule has 0 bridgehead atoms. The highest BCUT2D eigenvalue weighted by atomic mass is 16.1. The molecule has 5 N–H and O–H groups in total. The van der Waals surface area contributed by atoms with Gasteiger partial charge in [-0.05, 0) is 55.5 Å². The molecule has 108 valence electrons. The zero-order valence-electron chi connectivity index (χ0n) is 11.8. The van der Waals surface area contributed by atoms with Crippen LogP contribution in [0.3, 0.4) is 0 Å². The fourth-order valence-electron chi connectivity index (χ4n) is 2.55. The molecule has 0 radical (unpaired) electrons. The maximum Gasteiger partial charge on any atom is 0.217 e. The summed E-state index contributed by atoms with van der Waals surface area (Å²) in [5.74, 6) is -0.204. The van der Waals surface area contributed by atoms with Crippen LogP contribution in [0.2, 0.25) is 0 Å². The number of carbonyl (C=O) groups is 1. The Morgan fingerprint density at radius 1 is 1.15 bits per heavy atom. The van der Waals surface area contributed by atoms with Crippen LogP contribution in [0.5, 0.6) is 0 Å². The van der Waals surface area contributed by atoms with Gasteiger partial charge in [-0.3, -0.25) is 4.79 Å². The van der Waals surface area contributed by atoms with E-state index in [0.717, 1.165) is 32.1 Å². The second-order valence-corrected chi connectivity index (χ2v) is 5.26. The van der Waals surface area contributed by atoms with Gasteiger partial charge in [-0.1, -0.05) is 12.5 Å². The number of primary amides is 1. The number of hydrogen-bond acceptors (Lipinski definition) is 2. The highest BCUT2D eigenvalue weighted by Gasteiger charge is 2.04. The predicted molar refractivity (Wildman–Crippen MR) is 82.4 cm³/mol. The molecule has 4 nitrogen and oxygen atoms in total. The molecule has 2 aromatic rings. The summed E-state index contributed by atoms with van der Waals surface area (Å²) in [5, 5.41) is 1.28. The van der Waals surface area contributed by atoms with Crippen molar-refractivity contribution in [2.24, 2.45) is 11.5 Å². The van der Waals surface area contributed by atoms with Crippen LogP contribution in [0.4, 0.5) is 0 Å². The molecule has 1 aromatic carbocycles. The van der Waals surface area contributed by atoms with Gasteiger partial charge in [-0.2, -0.15) is 0 Å². The summed E-state index contributed by atoms with van der Waals surface area (Å²) < 4.78 is 0. The Labute approximate surface area is 119 Å². The number of H-pyrrole nitrogens is 1. The molecule has 4 heteroatoms. The largest absolute Gasteiger partial charge is 0.370 e. The van der Waals surface area contributed by atoms with Crippen LogP contribution < -0.4 is 11.5 Å². The number of fused-ring (bicyclic) bond motifs is 1. The van der Waals surface area contributed by atoms with Gasteiger partial charge in [0, 0.05) is 23.5 Å². The molecule has 0 unspecified atom stereocenters. The summed E-state index contributed by atoms with van der Waals surface area (Å²) in [7, 11) is 0. The van der Waals surface area contributed by atoms with Crippen LogP contribution in [-0.4, -0.2) is 17.4 Å². The SMILES string of the molecule is NCCc1c[nH]c2ccc(CCCCCC(N)=O)cc12. The predicted octanol–water partition coefficient (Wildman–Crippen LogP) is 2.26. The molecule has 1 amide bonds. The van der Waals surface area contributed by atoms with Gasteiger partial charge < -0.3 is 16.5 Å². The first-order valence-electron chi connectivity index (χ1n) is 7.28. The van der Waals surface area contributed by atoms with Crippen molar-refractivity contribution in [2.75, 3.05) is 6.54 Å². The first-order valence-corrected chi connectivity index (χ1v) is 7.28. The number of aromatic amines is 1. The van der Waals surface area contributed by atoms with E-state index in [0.29, 0.717) is 13.0 Å². The van der Waals surface area contributed by atoms with Crippen LogP contribution >= 0.6 is 0 Å². The summed E-state index contributed by atoms with van der Waals surface area (Å²) >= 11 is 0. The maximum absolute atomic E-state index is 10.7. The zero-order chi connectivity index (χ0) is 14.4. The van der Waals surface area contributed by atoms with Crippen molar-refractivity contribution in [3.05, 3.63) is 35.5 Å². The third kappa shape index (κ3) is 3.84. The Morgan fingerprint density at radius 3 is 2.75 bits per heavy atom. The van der Waals surface area contributed by atoms with E-state index < -0.39 is 0 Å². The first kappa shape index (κ1) is 14.6. The lowest BCUT2D eigenvalue weighted by molar-refractivity contribution is -0.118. The van der Waals surface area contributed by atoms with Crippen LogP contribution in [0, 0.1) is 0 Å². The smallest absolute Gasteiger partial charge is 0.217 e. The second kappa shape index (κ2) is 7.10. The number of nitrogens with two attached hydrogens (primary N) is 2. The number of carbonyl (C=O) groups excluding carboxylic acids is 1. The van der Waals surface area contributed by atoms with E-state index in [4.69, 9.17) is 11.5 Å². The molecule has 1 aromatic heterocycles. The lowest BCUT2D eigenvalue weighted by Crippen LogP contribution is -2.09. The molecule has 0 aliphatic heterocycles. The Bertz CT molecular complexity index is 574. The minimum Gasteiger partial charge on any atom is -0.370 e. The average molecular weight is 273 g/mol. The summed E-state index contributed by atoms with van der Waals surface area (Å²) in [6.45, 7) is 0.671. The molecule has 0 spiro atoms. The number of nitrogens with one attached hydrogen (secondary N) is 1. The Hall–Kier alpha value is -1.81. The monoisotopic (exact) mass is 273 g/mol.